The Morgan fingerprint density at radius 2 is 1.93 bits per heavy atom. The minimum absolute atomic E-state index is 0.0272. The highest BCUT2D eigenvalue weighted by molar-refractivity contribution is 5.95. The number of para-hydroxylation sites is 1. The maximum Gasteiger partial charge on any atom is 0.264 e. The van der Waals surface area contributed by atoms with Gasteiger partial charge in [0.2, 0.25) is 0 Å². The van der Waals surface area contributed by atoms with Crippen molar-refractivity contribution in [3.63, 3.8) is 0 Å². The molecule has 8 heteroatoms. The lowest BCUT2D eigenvalue weighted by atomic mass is 9.97. The Morgan fingerprint density at radius 3 is 2.62 bits per heavy atom. The number of rotatable bonds is 5. The third-order valence-corrected chi connectivity index (χ3v) is 5.25. The summed E-state index contributed by atoms with van der Waals surface area (Å²) in [5.41, 5.74) is 0.968. The number of carbonyl (C=O) groups is 1. The van der Waals surface area contributed by atoms with Crippen LogP contribution in [0.1, 0.15) is 28.9 Å². The molecule has 4 rings (SSSR count). The Bertz CT molecular complexity index is 1020. The van der Waals surface area contributed by atoms with E-state index in [4.69, 9.17) is 4.74 Å². The lowest BCUT2D eigenvalue weighted by Gasteiger charge is -2.31. The van der Waals surface area contributed by atoms with E-state index in [9.17, 15) is 9.59 Å². The van der Waals surface area contributed by atoms with Gasteiger partial charge in [-0.2, -0.15) is 10.2 Å². The molecule has 0 saturated carbocycles. The monoisotopic (exact) mass is 393 g/mol. The summed E-state index contributed by atoms with van der Waals surface area (Å²) in [6.45, 7) is 3.89. The summed E-state index contributed by atoms with van der Waals surface area (Å²) in [6.07, 6.45) is 3.38. The summed E-state index contributed by atoms with van der Waals surface area (Å²) in [4.78, 5) is 26.0. The highest BCUT2D eigenvalue weighted by Gasteiger charge is 2.26. The first-order valence-electron chi connectivity index (χ1n) is 9.69. The fourth-order valence-corrected chi connectivity index (χ4v) is 3.51. The molecule has 29 heavy (non-hydrogen) atoms. The molecule has 150 valence electrons. The summed E-state index contributed by atoms with van der Waals surface area (Å²) in [6, 6.07) is 12.8. The average molecular weight is 393 g/mol. The van der Waals surface area contributed by atoms with Gasteiger partial charge in [0.15, 0.2) is 5.82 Å². The van der Waals surface area contributed by atoms with E-state index in [-0.39, 0.29) is 11.5 Å². The minimum atomic E-state index is -0.283. The largest absolute Gasteiger partial charge is 0.493 e. The smallest absolute Gasteiger partial charge is 0.264 e. The van der Waals surface area contributed by atoms with Crippen LogP contribution in [0.5, 0.6) is 5.75 Å². The fraction of sp³-hybridized carbons (Fsp3) is 0.333. The number of nitrogens with one attached hydrogen (secondary N) is 1. The molecule has 0 unspecified atom stereocenters. The summed E-state index contributed by atoms with van der Waals surface area (Å²) >= 11 is 0. The van der Waals surface area contributed by atoms with E-state index < -0.39 is 0 Å². The Balaban J connectivity index is 1.36. The van der Waals surface area contributed by atoms with E-state index in [1.807, 2.05) is 42.2 Å². The molecule has 1 amide bonds. The predicted octanol–water partition coefficient (Wildman–Crippen LogP) is 2.20. The third kappa shape index (κ3) is 4.21. The van der Waals surface area contributed by atoms with E-state index in [1.165, 1.54) is 6.07 Å². The van der Waals surface area contributed by atoms with Crippen molar-refractivity contribution in [2.24, 2.45) is 5.92 Å². The van der Waals surface area contributed by atoms with Crippen LogP contribution >= 0.6 is 0 Å². The van der Waals surface area contributed by atoms with E-state index in [0.717, 1.165) is 18.6 Å². The van der Waals surface area contributed by atoms with E-state index in [1.54, 1.807) is 16.9 Å². The minimum Gasteiger partial charge on any atom is -0.493 e. The van der Waals surface area contributed by atoms with Crippen LogP contribution in [0.4, 0.5) is 0 Å². The highest BCUT2D eigenvalue weighted by Crippen LogP contribution is 2.22. The van der Waals surface area contributed by atoms with Crippen LogP contribution in [0, 0.1) is 12.8 Å². The van der Waals surface area contributed by atoms with Crippen LogP contribution in [-0.2, 0) is 0 Å². The SMILES string of the molecule is Cc1c(C(=O)N2CCC(COc3ccccc3)CC2)cnn1-c1ccc(=O)[nH]n1. The molecule has 0 spiro atoms. The highest BCUT2D eigenvalue weighted by atomic mass is 16.5. The van der Waals surface area contributed by atoms with Crippen molar-refractivity contribution in [2.75, 3.05) is 19.7 Å². The zero-order valence-corrected chi connectivity index (χ0v) is 16.2. The van der Waals surface area contributed by atoms with Gasteiger partial charge in [-0.15, -0.1) is 0 Å². The lowest BCUT2D eigenvalue weighted by molar-refractivity contribution is 0.0660. The number of amides is 1. The molecule has 1 saturated heterocycles. The van der Waals surface area contributed by atoms with Gasteiger partial charge in [0.1, 0.15) is 5.75 Å². The van der Waals surface area contributed by atoms with Gasteiger partial charge in [0.05, 0.1) is 24.1 Å². The summed E-state index contributed by atoms with van der Waals surface area (Å²) in [5.74, 6) is 1.76. The molecule has 0 radical (unpaired) electrons. The standard InChI is InChI=1S/C21H23N5O3/c1-15-18(13-22-26(15)19-7-8-20(27)24-23-19)21(28)25-11-9-16(10-12-25)14-29-17-5-3-2-4-6-17/h2-8,13,16H,9-12,14H2,1H3,(H,24,27). The Morgan fingerprint density at radius 1 is 1.17 bits per heavy atom. The molecule has 1 N–H and O–H groups in total. The number of aromatic amines is 1. The maximum absolute atomic E-state index is 13.0. The van der Waals surface area contributed by atoms with Crippen LogP contribution < -0.4 is 10.3 Å². The zero-order chi connectivity index (χ0) is 20.2. The Labute approximate surface area is 168 Å². The predicted molar refractivity (Wildman–Crippen MR) is 107 cm³/mol. The van der Waals surface area contributed by atoms with Crippen molar-refractivity contribution < 1.29 is 9.53 Å². The van der Waals surface area contributed by atoms with Gasteiger partial charge in [0, 0.05) is 19.2 Å². The van der Waals surface area contributed by atoms with E-state index in [0.29, 0.717) is 42.7 Å². The van der Waals surface area contributed by atoms with Gasteiger partial charge < -0.3 is 9.64 Å². The van der Waals surface area contributed by atoms with Crippen molar-refractivity contribution in [3.8, 4) is 11.6 Å². The molecule has 0 atom stereocenters. The lowest BCUT2D eigenvalue weighted by Crippen LogP contribution is -2.39. The van der Waals surface area contributed by atoms with Gasteiger partial charge in [0.25, 0.3) is 11.5 Å². The van der Waals surface area contributed by atoms with Crippen molar-refractivity contribution in [3.05, 3.63) is 70.3 Å². The molecule has 0 bridgehead atoms. The van der Waals surface area contributed by atoms with Crippen LogP contribution in [-0.4, -0.2) is 50.5 Å². The molecule has 0 aliphatic carbocycles. The van der Waals surface area contributed by atoms with Crippen molar-refractivity contribution in [1.29, 1.82) is 0 Å². The normalized spacial score (nSPS) is 14.7. The number of likely N-dealkylation sites (tertiary alicyclic amines) is 1. The van der Waals surface area contributed by atoms with Crippen LogP contribution in [0.25, 0.3) is 5.82 Å². The van der Waals surface area contributed by atoms with Gasteiger partial charge in [-0.25, -0.2) is 9.78 Å². The molecule has 1 fully saturated rings. The van der Waals surface area contributed by atoms with Crippen molar-refractivity contribution in [1.82, 2.24) is 24.9 Å². The van der Waals surface area contributed by atoms with Gasteiger partial charge in [-0.1, -0.05) is 18.2 Å². The summed E-state index contributed by atoms with van der Waals surface area (Å²) in [5, 5.41) is 10.6. The maximum atomic E-state index is 13.0. The van der Waals surface area contributed by atoms with Crippen molar-refractivity contribution >= 4 is 5.91 Å². The molecule has 1 aliphatic heterocycles. The molecular formula is C21H23N5O3. The van der Waals surface area contributed by atoms with E-state index >= 15 is 0 Å². The van der Waals surface area contributed by atoms with Gasteiger partial charge in [-0.3, -0.25) is 9.59 Å². The molecule has 1 aliphatic rings. The number of ether oxygens (including phenoxy) is 1. The number of piperidine rings is 1. The van der Waals surface area contributed by atoms with Crippen LogP contribution in [0.2, 0.25) is 0 Å². The number of hydrogen-bond acceptors (Lipinski definition) is 5. The molecular weight excluding hydrogens is 370 g/mol. The summed E-state index contributed by atoms with van der Waals surface area (Å²) < 4.78 is 7.42. The Hall–Kier alpha value is -3.42. The second-order valence-corrected chi connectivity index (χ2v) is 7.19. The number of carbonyl (C=O) groups excluding carboxylic acids is 1. The topological polar surface area (TPSA) is 93.1 Å². The third-order valence-electron chi connectivity index (χ3n) is 5.25. The molecule has 3 aromatic rings. The Kier molecular flexibility index (Phi) is 5.41. The second kappa shape index (κ2) is 8.30. The quantitative estimate of drug-likeness (QED) is 0.717. The van der Waals surface area contributed by atoms with E-state index in [2.05, 4.69) is 15.3 Å². The van der Waals surface area contributed by atoms with Crippen LogP contribution in [0.15, 0.2) is 53.5 Å². The first-order valence-corrected chi connectivity index (χ1v) is 9.69. The molecule has 8 nitrogen and oxygen atoms in total. The second-order valence-electron chi connectivity index (χ2n) is 7.19. The van der Waals surface area contributed by atoms with Gasteiger partial charge in [-0.05, 0) is 43.9 Å². The van der Waals surface area contributed by atoms with Gasteiger partial charge >= 0.3 is 0 Å². The zero-order valence-electron chi connectivity index (χ0n) is 16.2. The molecule has 3 heterocycles. The molecule has 1 aromatic carbocycles. The number of H-pyrrole nitrogens is 1. The number of benzene rings is 1. The van der Waals surface area contributed by atoms with Crippen LogP contribution in [0.3, 0.4) is 0 Å². The first-order chi connectivity index (χ1) is 14.1. The number of nitrogens with zero attached hydrogens (tertiary/aromatic N) is 4. The summed E-state index contributed by atoms with van der Waals surface area (Å²) in [7, 11) is 0. The molecule has 2 aromatic heterocycles. The first kappa shape index (κ1) is 18.9. The number of aromatic nitrogens is 4. The van der Waals surface area contributed by atoms with Crippen molar-refractivity contribution in [2.45, 2.75) is 19.8 Å². The average Bonchev–Trinajstić information content (AvgIpc) is 3.15. The number of hydrogen-bond donors (Lipinski definition) is 1. The fourth-order valence-electron chi connectivity index (χ4n) is 3.51.